The van der Waals surface area contributed by atoms with Crippen LogP contribution in [0, 0.1) is 6.92 Å². The summed E-state index contributed by atoms with van der Waals surface area (Å²) in [6.45, 7) is 2.61. The van der Waals surface area contributed by atoms with Crippen LogP contribution in [0.5, 0.6) is 5.75 Å². The lowest BCUT2D eigenvalue weighted by Gasteiger charge is -2.12. The first kappa shape index (κ1) is 12.9. The predicted molar refractivity (Wildman–Crippen MR) is 76.2 cm³/mol. The minimum atomic E-state index is -0.606. The summed E-state index contributed by atoms with van der Waals surface area (Å²) in [5.74, 6) is 0.886. The Labute approximate surface area is 120 Å². The van der Waals surface area contributed by atoms with Gasteiger partial charge in [-0.2, -0.15) is 0 Å². The van der Waals surface area contributed by atoms with E-state index in [1.165, 1.54) is 11.3 Å². The van der Waals surface area contributed by atoms with Crippen molar-refractivity contribution in [1.82, 2.24) is 4.98 Å². The molecule has 3 rings (SSSR count). The first-order valence-corrected chi connectivity index (χ1v) is 7.43. The Balaban J connectivity index is 1.87. The molecule has 2 heterocycles. The second kappa shape index (κ2) is 5.12. The second-order valence-corrected chi connectivity index (χ2v) is 6.02. The number of hydrogen-bond acceptors (Lipinski definition) is 4. The maximum absolute atomic E-state index is 10.3. The van der Waals surface area contributed by atoms with Crippen LogP contribution in [0.3, 0.4) is 0 Å². The van der Waals surface area contributed by atoms with E-state index in [1.54, 1.807) is 0 Å². The third-order valence-corrected chi connectivity index (χ3v) is 4.44. The highest BCUT2D eigenvalue weighted by Crippen LogP contribution is 2.35. The molecule has 1 unspecified atom stereocenters. The number of aryl methyl sites for hydroxylation is 1. The van der Waals surface area contributed by atoms with Gasteiger partial charge in [0.2, 0.25) is 0 Å². The van der Waals surface area contributed by atoms with Crippen molar-refractivity contribution >= 4 is 22.9 Å². The highest BCUT2D eigenvalue weighted by molar-refractivity contribution is 7.09. The maximum Gasteiger partial charge on any atom is 0.126 e. The smallest absolute Gasteiger partial charge is 0.126 e. The lowest BCUT2D eigenvalue weighted by atomic mass is 10.0. The number of halogens is 1. The summed E-state index contributed by atoms with van der Waals surface area (Å²) in [4.78, 5) is 4.32. The van der Waals surface area contributed by atoms with Gasteiger partial charge in [-0.05, 0) is 30.2 Å². The van der Waals surface area contributed by atoms with E-state index >= 15 is 0 Å². The van der Waals surface area contributed by atoms with Crippen molar-refractivity contribution in [2.24, 2.45) is 0 Å². The summed E-state index contributed by atoms with van der Waals surface area (Å²) in [5, 5.41) is 13.6. The monoisotopic (exact) mass is 295 g/mol. The van der Waals surface area contributed by atoms with Crippen LogP contribution in [-0.4, -0.2) is 16.7 Å². The topological polar surface area (TPSA) is 42.4 Å². The van der Waals surface area contributed by atoms with Gasteiger partial charge in [0.25, 0.3) is 0 Å². The van der Waals surface area contributed by atoms with Gasteiger partial charge in [0.1, 0.15) is 16.9 Å². The van der Waals surface area contributed by atoms with Crippen molar-refractivity contribution in [2.75, 3.05) is 6.61 Å². The molecule has 19 heavy (non-hydrogen) atoms. The van der Waals surface area contributed by atoms with E-state index in [0.717, 1.165) is 34.0 Å². The highest BCUT2D eigenvalue weighted by atomic mass is 35.5. The molecule has 1 aliphatic heterocycles. The average Bonchev–Trinajstić information content (AvgIpc) is 2.97. The summed E-state index contributed by atoms with van der Waals surface area (Å²) in [6.07, 6.45) is 0.760. The Bertz CT molecular complexity index is 611. The van der Waals surface area contributed by atoms with Crippen molar-refractivity contribution < 1.29 is 9.84 Å². The highest BCUT2D eigenvalue weighted by Gasteiger charge is 2.21. The number of ether oxygens (including phenoxy) is 1. The van der Waals surface area contributed by atoms with E-state index < -0.39 is 6.10 Å². The van der Waals surface area contributed by atoms with Gasteiger partial charge in [0.05, 0.1) is 6.61 Å². The lowest BCUT2D eigenvalue weighted by Crippen LogP contribution is -2.03. The summed E-state index contributed by atoms with van der Waals surface area (Å²) in [6, 6.07) is 3.81. The van der Waals surface area contributed by atoms with E-state index in [4.69, 9.17) is 16.3 Å². The largest absolute Gasteiger partial charge is 0.493 e. The summed E-state index contributed by atoms with van der Waals surface area (Å²) < 4.78 is 5.64. The average molecular weight is 296 g/mol. The molecule has 0 amide bonds. The van der Waals surface area contributed by atoms with Crippen LogP contribution < -0.4 is 4.74 Å². The Morgan fingerprint density at radius 2 is 2.37 bits per heavy atom. The molecule has 1 N–H and O–H groups in total. The standard InChI is InChI=1S/C14H14ClNO2S/c1-8-7-19-14(16-8)12(17)6-10-5-11(15)4-9-2-3-18-13(9)10/h4-5,7,12,17H,2-3,6H2,1H3. The fraction of sp³-hybridized carbons (Fsp3) is 0.357. The number of thiazole rings is 1. The molecule has 0 spiro atoms. The maximum atomic E-state index is 10.3. The van der Waals surface area contributed by atoms with E-state index in [0.29, 0.717) is 18.1 Å². The number of aromatic nitrogens is 1. The molecule has 1 aromatic carbocycles. The molecule has 1 aliphatic rings. The Morgan fingerprint density at radius 1 is 1.53 bits per heavy atom. The van der Waals surface area contributed by atoms with E-state index in [2.05, 4.69) is 4.98 Å². The summed E-state index contributed by atoms with van der Waals surface area (Å²) >= 11 is 7.59. The normalized spacial score (nSPS) is 15.1. The van der Waals surface area contributed by atoms with Gasteiger partial charge in [0, 0.05) is 28.9 Å². The molecule has 0 aliphatic carbocycles. The number of nitrogens with zero attached hydrogens (tertiary/aromatic N) is 1. The van der Waals surface area contributed by atoms with Crippen LogP contribution in [0.15, 0.2) is 17.5 Å². The molecule has 1 aromatic heterocycles. The van der Waals surface area contributed by atoms with Crippen molar-refractivity contribution in [3.05, 3.63) is 44.4 Å². The Kier molecular flexibility index (Phi) is 3.48. The van der Waals surface area contributed by atoms with Gasteiger partial charge in [0.15, 0.2) is 0 Å². The van der Waals surface area contributed by atoms with Crippen LogP contribution >= 0.6 is 22.9 Å². The van der Waals surface area contributed by atoms with Crippen LogP contribution in [0.2, 0.25) is 5.02 Å². The molecule has 1 atom stereocenters. The van der Waals surface area contributed by atoms with Gasteiger partial charge in [-0.25, -0.2) is 4.98 Å². The van der Waals surface area contributed by atoms with Gasteiger partial charge in [-0.15, -0.1) is 11.3 Å². The van der Waals surface area contributed by atoms with Crippen molar-refractivity contribution in [3.8, 4) is 5.75 Å². The van der Waals surface area contributed by atoms with Gasteiger partial charge in [-0.3, -0.25) is 0 Å². The van der Waals surface area contributed by atoms with Crippen molar-refractivity contribution in [1.29, 1.82) is 0 Å². The molecule has 100 valence electrons. The molecular formula is C14H14ClNO2S. The zero-order valence-electron chi connectivity index (χ0n) is 10.5. The number of aliphatic hydroxyl groups is 1. The second-order valence-electron chi connectivity index (χ2n) is 4.70. The zero-order chi connectivity index (χ0) is 13.4. The molecule has 0 fully saturated rings. The van der Waals surface area contributed by atoms with Crippen LogP contribution in [0.1, 0.15) is 27.9 Å². The van der Waals surface area contributed by atoms with Crippen LogP contribution in [0.4, 0.5) is 0 Å². The molecule has 0 saturated heterocycles. The van der Waals surface area contributed by atoms with E-state index in [-0.39, 0.29) is 0 Å². The molecule has 0 saturated carbocycles. The number of benzene rings is 1. The molecule has 2 aromatic rings. The predicted octanol–water partition coefficient (Wildman–Crippen LogP) is 3.32. The van der Waals surface area contributed by atoms with E-state index in [9.17, 15) is 5.11 Å². The van der Waals surface area contributed by atoms with Crippen LogP contribution in [0.25, 0.3) is 0 Å². The van der Waals surface area contributed by atoms with Gasteiger partial charge < -0.3 is 9.84 Å². The first-order valence-electron chi connectivity index (χ1n) is 6.17. The van der Waals surface area contributed by atoms with Gasteiger partial charge in [-0.1, -0.05) is 11.6 Å². The quantitative estimate of drug-likeness (QED) is 0.944. The van der Waals surface area contributed by atoms with E-state index in [1.807, 2.05) is 24.4 Å². The third-order valence-electron chi connectivity index (χ3n) is 3.16. The van der Waals surface area contributed by atoms with Gasteiger partial charge >= 0.3 is 0 Å². The molecule has 3 nitrogen and oxygen atoms in total. The molecule has 0 radical (unpaired) electrons. The molecule has 5 heteroatoms. The molecule has 0 bridgehead atoms. The van der Waals surface area contributed by atoms with Crippen molar-refractivity contribution in [3.63, 3.8) is 0 Å². The number of aliphatic hydroxyl groups excluding tert-OH is 1. The minimum Gasteiger partial charge on any atom is -0.493 e. The Hall–Kier alpha value is -1.10. The van der Waals surface area contributed by atoms with Crippen molar-refractivity contribution in [2.45, 2.75) is 25.9 Å². The fourth-order valence-electron chi connectivity index (χ4n) is 2.32. The number of hydrogen-bond donors (Lipinski definition) is 1. The molecular weight excluding hydrogens is 282 g/mol. The zero-order valence-corrected chi connectivity index (χ0v) is 12.1. The summed E-state index contributed by atoms with van der Waals surface area (Å²) in [5.41, 5.74) is 3.02. The minimum absolute atomic E-state index is 0.482. The van der Waals surface area contributed by atoms with Crippen LogP contribution in [-0.2, 0) is 12.8 Å². The SMILES string of the molecule is Cc1csc(C(O)Cc2cc(Cl)cc3c2OCC3)n1. The first-order chi connectivity index (χ1) is 9.13. The Morgan fingerprint density at radius 3 is 3.11 bits per heavy atom. The number of fused-ring (bicyclic) bond motifs is 1. The number of rotatable bonds is 3. The lowest BCUT2D eigenvalue weighted by molar-refractivity contribution is 0.176. The third kappa shape index (κ3) is 2.61. The fourth-order valence-corrected chi connectivity index (χ4v) is 3.36. The summed E-state index contributed by atoms with van der Waals surface area (Å²) in [7, 11) is 0.